The average molecular weight is 881 g/mol. The summed E-state index contributed by atoms with van der Waals surface area (Å²) in [4.78, 5) is 5.42. The molecule has 0 amide bonds. The summed E-state index contributed by atoms with van der Waals surface area (Å²) >= 11 is 2.04. The van der Waals surface area contributed by atoms with Crippen molar-refractivity contribution in [1.29, 1.82) is 0 Å². The molecule has 0 spiro atoms. The highest BCUT2D eigenvalue weighted by atomic mass is 32.1. The first-order valence-corrected chi connectivity index (χ1v) is 25.4. The third kappa shape index (κ3) is 7.61. The first-order valence-electron chi connectivity index (χ1n) is 24.6. The van der Waals surface area contributed by atoms with Gasteiger partial charge in [0, 0.05) is 43.3 Å². The fraction of sp³-hybridized carbons (Fsp3) is 0.475. The number of hydrogen-bond acceptors (Lipinski definition) is 3. The predicted octanol–water partition coefficient (Wildman–Crippen LogP) is 16.1. The molecule has 1 aromatic heterocycles. The SMILES string of the molecule is Cc1cc2c3c(c1)N(c1cc(C(C)(C)C)cc(C(C)(C)C)c1)c1c(sc4cc(C(C)(C)C)ccc14)B3c1cc3c(cc1N2c1cc(C(C)(C)C)cc(C(C)(C)C)c1)C(C)(C)CCC3(C)C. The number of anilines is 6. The van der Waals surface area contributed by atoms with Crippen molar-refractivity contribution in [2.75, 3.05) is 9.80 Å². The van der Waals surface area contributed by atoms with Crippen LogP contribution in [0, 0.1) is 6.92 Å². The molecule has 340 valence electrons. The van der Waals surface area contributed by atoms with E-state index in [2.05, 4.69) is 227 Å². The Labute approximate surface area is 398 Å². The van der Waals surface area contributed by atoms with Gasteiger partial charge in [0.25, 0.3) is 6.71 Å². The number of nitrogens with zero attached hydrogens (tertiary/aromatic N) is 2. The Morgan fingerprint density at radius 1 is 0.477 bits per heavy atom. The van der Waals surface area contributed by atoms with Crippen LogP contribution in [0.1, 0.15) is 189 Å². The zero-order chi connectivity index (χ0) is 47.5. The number of hydrogen-bond donors (Lipinski definition) is 0. The molecule has 0 fully saturated rings. The quantitative estimate of drug-likeness (QED) is 0.160. The Bertz CT molecular complexity index is 2860. The highest BCUT2D eigenvalue weighted by Gasteiger charge is 2.48. The van der Waals surface area contributed by atoms with Crippen LogP contribution in [0.4, 0.5) is 34.1 Å². The summed E-state index contributed by atoms with van der Waals surface area (Å²) in [6, 6.07) is 32.8. The fourth-order valence-corrected chi connectivity index (χ4v) is 12.3. The highest BCUT2D eigenvalue weighted by Crippen LogP contribution is 2.53. The summed E-state index contributed by atoms with van der Waals surface area (Å²) in [5.74, 6) is 0. The van der Waals surface area contributed by atoms with Crippen molar-refractivity contribution < 1.29 is 0 Å². The van der Waals surface area contributed by atoms with Crippen LogP contribution in [0.2, 0.25) is 0 Å². The first kappa shape index (κ1) is 45.9. The van der Waals surface area contributed by atoms with E-state index in [0.717, 1.165) is 0 Å². The lowest BCUT2D eigenvalue weighted by Crippen LogP contribution is -2.61. The zero-order valence-electron chi connectivity index (χ0n) is 43.8. The summed E-state index contributed by atoms with van der Waals surface area (Å²) in [5.41, 5.74) is 21.9. The van der Waals surface area contributed by atoms with Crippen molar-refractivity contribution in [3.8, 4) is 0 Å². The van der Waals surface area contributed by atoms with Gasteiger partial charge >= 0.3 is 0 Å². The van der Waals surface area contributed by atoms with Crippen LogP contribution in [0.15, 0.2) is 78.9 Å². The van der Waals surface area contributed by atoms with Crippen LogP contribution in [-0.4, -0.2) is 6.71 Å². The van der Waals surface area contributed by atoms with Crippen molar-refractivity contribution in [1.82, 2.24) is 0 Å². The molecule has 0 atom stereocenters. The summed E-state index contributed by atoms with van der Waals surface area (Å²) in [6.45, 7) is 47.9. The minimum absolute atomic E-state index is 0.0252. The molecule has 3 aliphatic rings. The highest BCUT2D eigenvalue weighted by molar-refractivity contribution is 7.33. The van der Waals surface area contributed by atoms with Crippen molar-refractivity contribution in [2.45, 2.75) is 189 Å². The molecule has 1 aliphatic carbocycles. The number of benzene rings is 5. The van der Waals surface area contributed by atoms with Crippen molar-refractivity contribution in [3.63, 3.8) is 0 Å². The standard InChI is InChI=1S/C61H77BN2S/c1-36-25-49-52-50(26-36)64(43-31-40(58(11,12)13)28-41(32-43)59(14,15)16)53-44-22-21-37(55(2,3)4)33-51(44)65-54(53)62(52)47-34-45-46(61(19,20)24-23-60(45,17)18)35-48(47)63(49)42-29-38(56(5,6)7)27-39(30-42)57(8,9)10/h21-22,25-35H,23-24H2,1-20H3. The van der Waals surface area contributed by atoms with Crippen LogP contribution >= 0.6 is 11.3 Å². The van der Waals surface area contributed by atoms with Crippen molar-refractivity contribution >= 4 is 78.0 Å². The Balaban J connectivity index is 1.47. The van der Waals surface area contributed by atoms with Crippen molar-refractivity contribution in [3.05, 3.63) is 123 Å². The summed E-state index contributed by atoms with van der Waals surface area (Å²) in [5, 5.41) is 1.35. The first-order chi connectivity index (χ1) is 29.8. The second kappa shape index (κ2) is 14.4. The van der Waals surface area contributed by atoms with Gasteiger partial charge in [-0.1, -0.05) is 162 Å². The van der Waals surface area contributed by atoms with Crippen LogP contribution in [0.3, 0.4) is 0 Å². The normalized spacial score (nSPS) is 17.0. The fourth-order valence-electron chi connectivity index (χ4n) is 10.9. The minimum Gasteiger partial charge on any atom is -0.311 e. The molecular formula is C61H77BN2S. The molecule has 2 aliphatic heterocycles. The van der Waals surface area contributed by atoms with E-state index in [9.17, 15) is 0 Å². The predicted molar refractivity (Wildman–Crippen MR) is 289 cm³/mol. The molecule has 0 radical (unpaired) electrons. The topological polar surface area (TPSA) is 6.48 Å². The van der Waals surface area contributed by atoms with E-state index in [1.807, 2.05) is 11.3 Å². The molecule has 9 rings (SSSR count). The van der Waals surface area contributed by atoms with E-state index in [4.69, 9.17) is 0 Å². The Morgan fingerprint density at radius 3 is 1.37 bits per heavy atom. The van der Waals surface area contributed by atoms with Gasteiger partial charge < -0.3 is 9.80 Å². The van der Waals surface area contributed by atoms with Gasteiger partial charge in [-0.05, 0) is 162 Å². The number of aryl methyl sites for hydroxylation is 1. The van der Waals surface area contributed by atoms with Crippen LogP contribution < -0.4 is 25.5 Å². The lowest BCUT2D eigenvalue weighted by Gasteiger charge is -2.47. The van der Waals surface area contributed by atoms with Gasteiger partial charge in [-0.25, -0.2) is 0 Å². The number of fused-ring (bicyclic) bond motifs is 7. The second-order valence-electron chi connectivity index (χ2n) is 26.9. The molecule has 3 heterocycles. The number of rotatable bonds is 2. The third-order valence-corrected chi connectivity index (χ3v) is 16.7. The smallest absolute Gasteiger partial charge is 0.264 e. The third-order valence-electron chi connectivity index (χ3n) is 15.5. The molecule has 0 bridgehead atoms. The summed E-state index contributed by atoms with van der Waals surface area (Å²) in [6.07, 6.45) is 2.36. The van der Waals surface area contributed by atoms with E-state index >= 15 is 0 Å². The Hall–Kier alpha value is -4.28. The molecule has 2 nitrogen and oxygen atoms in total. The van der Waals surface area contributed by atoms with E-state index in [1.165, 1.54) is 117 Å². The maximum Gasteiger partial charge on any atom is 0.264 e. The molecular weight excluding hydrogens is 804 g/mol. The van der Waals surface area contributed by atoms with Gasteiger partial charge in [0.15, 0.2) is 0 Å². The van der Waals surface area contributed by atoms with Gasteiger partial charge in [0.1, 0.15) is 0 Å². The maximum atomic E-state index is 2.71. The lowest BCUT2D eigenvalue weighted by atomic mass is 9.35. The van der Waals surface area contributed by atoms with E-state index in [0.29, 0.717) is 0 Å². The molecule has 0 N–H and O–H groups in total. The van der Waals surface area contributed by atoms with Crippen LogP contribution in [0.25, 0.3) is 10.1 Å². The van der Waals surface area contributed by atoms with E-state index < -0.39 is 0 Å². The molecule has 65 heavy (non-hydrogen) atoms. The summed E-state index contributed by atoms with van der Waals surface area (Å²) < 4.78 is 2.83. The summed E-state index contributed by atoms with van der Waals surface area (Å²) in [7, 11) is 0. The van der Waals surface area contributed by atoms with E-state index in [1.54, 1.807) is 0 Å². The molecule has 6 aromatic rings. The van der Waals surface area contributed by atoms with Gasteiger partial charge in [0.2, 0.25) is 0 Å². The average Bonchev–Trinajstić information content (AvgIpc) is 3.55. The van der Waals surface area contributed by atoms with Crippen molar-refractivity contribution in [2.24, 2.45) is 0 Å². The molecule has 0 saturated heterocycles. The second-order valence-corrected chi connectivity index (χ2v) is 27.9. The van der Waals surface area contributed by atoms with Crippen LogP contribution in [-0.2, 0) is 37.9 Å². The number of thiophene rings is 1. The van der Waals surface area contributed by atoms with Gasteiger partial charge in [-0.3, -0.25) is 0 Å². The van der Waals surface area contributed by atoms with Gasteiger partial charge in [-0.2, -0.15) is 0 Å². The molecule has 4 heteroatoms. The monoisotopic (exact) mass is 881 g/mol. The van der Waals surface area contributed by atoms with Gasteiger partial charge in [-0.15, -0.1) is 11.3 Å². The van der Waals surface area contributed by atoms with Crippen LogP contribution in [0.5, 0.6) is 0 Å². The Morgan fingerprint density at radius 2 is 0.908 bits per heavy atom. The maximum absolute atomic E-state index is 2.71. The van der Waals surface area contributed by atoms with E-state index in [-0.39, 0.29) is 44.6 Å². The largest absolute Gasteiger partial charge is 0.311 e. The lowest BCUT2D eigenvalue weighted by molar-refractivity contribution is 0.332. The Kier molecular flexibility index (Phi) is 10.1. The molecule has 0 unspecified atom stereocenters. The molecule has 0 saturated carbocycles. The van der Waals surface area contributed by atoms with Gasteiger partial charge in [0.05, 0.1) is 5.69 Å². The zero-order valence-corrected chi connectivity index (χ0v) is 44.6. The molecule has 5 aromatic carbocycles. The minimum atomic E-state index is -0.0280.